The van der Waals surface area contributed by atoms with Gasteiger partial charge in [-0.1, -0.05) is 0 Å². The monoisotopic (exact) mass is 381 g/mol. The van der Waals surface area contributed by atoms with Crippen molar-refractivity contribution in [1.29, 1.82) is 0 Å². The smallest absolute Gasteiger partial charge is 0.261 e. The Morgan fingerprint density at radius 3 is 2.78 bits per heavy atom. The molecule has 7 heteroatoms. The van der Waals surface area contributed by atoms with Crippen LogP contribution >= 0.6 is 11.3 Å². The third-order valence-electron chi connectivity index (χ3n) is 4.86. The molecule has 1 fully saturated rings. The highest BCUT2D eigenvalue weighted by molar-refractivity contribution is 7.21. The maximum absolute atomic E-state index is 14.4. The standard InChI is InChI=1S/C20H16FN3O2S/c1-10-5-13(17-14(6-10)20(25)24(9-22-17)11-3-4-11)19-23-18-15(21)7-12(26-2)8-16(18)27-19/h5-9,11H,3-4H2,1-2H3. The van der Waals surface area contributed by atoms with Gasteiger partial charge in [-0.3, -0.25) is 9.36 Å². The van der Waals surface area contributed by atoms with Gasteiger partial charge in [0.05, 0.1) is 29.0 Å². The molecule has 0 spiro atoms. The minimum atomic E-state index is -0.423. The second kappa shape index (κ2) is 5.85. The molecule has 0 amide bonds. The molecule has 0 bridgehead atoms. The van der Waals surface area contributed by atoms with Crippen molar-refractivity contribution in [1.82, 2.24) is 14.5 Å². The molecule has 0 radical (unpaired) electrons. The molecule has 136 valence electrons. The van der Waals surface area contributed by atoms with Crippen molar-refractivity contribution in [2.75, 3.05) is 7.11 Å². The van der Waals surface area contributed by atoms with Crippen LogP contribution in [0.4, 0.5) is 4.39 Å². The van der Waals surface area contributed by atoms with E-state index in [1.807, 2.05) is 19.1 Å². The molecular weight excluding hydrogens is 365 g/mol. The number of fused-ring (bicyclic) bond motifs is 2. The summed E-state index contributed by atoms with van der Waals surface area (Å²) < 4.78 is 21.9. The van der Waals surface area contributed by atoms with Gasteiger partial charge in [0.1, 0.15) is 16.3 Å². The normalized spacial score (nSPS) is 14.2. The molecule has 5 nitrogen and oxygen atoms in total. The molecule has 1 aliphatic rings. The first-order valence-corrected chi connectivity index (χ1v) is 9.53. The number of thiazole rings is 1. The molecule has 4 aromatic rings. The maximum Gasteiger partial charge on any atom is 0.261 e. The average molecular weight is 381 g/mol. The molecule has 0 atom stereocenters. The predicted octanol–water partition coefficient (Wildman–Crippen LogP) is 4.46. The highest BCUT2D eigenvalue weighted by atomic mass is 32.1. The number of methoxy groups -OCH3 is 1. The summed E-state index contributed by atoms with van der Waals surface area (Å²) in [5, 5.41) is 1.22. The van der Waals surface area contributed by atoms with Crippen molar-refractivity contribution in [3.05, 3.63) is 52.3 Å². The highest BCUT2D eigenvalue weighted by Gasteiger charge is 2.26. The molecule has 2 heterocycles. The van der Waals surface area contributed by atoms with Gasteiger partial charge in [-0.05, 0) is 43.5 Å². The van der Waals surface area contributed by atoms with Crippen molar-refractivity contribution in [2.24, 2.45) is 0 Å². The minimum Gasteiger partial charge on any atom is -0.497 e. The molecule has 1 aliphatic carbocycles. The van der Waals surface area contributed by atoms with Crippen LogP contribution in [0.5, 0.6) is 5.75 Å². The lowest BCUT2D eigenvalue weighted by molar-refractivity contribution is 0.412. The number of nitrogens with zero attached hydrogens (tertiary/aromatic N) is 3. The van der Waals surface area contributed by atoms with Gasteiger partial charge in [0, 0.05) is 17.7 Å². The molecule has 1 saturated carbocycles. The van der Waals surface area contributed by atoms with E-state index in [4.69, 9.17) is 4.74 Å². The van der Waals surface area contributed by atoms with Gasteiger partial charge in [0.2, 0.25) is 0 Å². The highest BCUT2D eigenvalue weighted by Crippen LogP contribution is 2.37. The quantitative estimate of drug-likeness (QED) is 0.526. The molecule has 0 saturated heterocycles. The summed E-state index contributed by atoms with van der Waals surface area (Å²) in [6.45, 7) is 1.94. The topological polar surface area (TPSA) is 57.0 Å². The van der Waals surface area contributed by atoms with E-state index in [0.29, 0.717) is 31.9 Å². The molecule has 0 N–H and O–H groups in total. The van der Waals surface area contributed by atoms with E-state index < -0.39 is 5.82 Å². The average Bonchev–Trinajstić information content (AvgIpc) is 3.40. The van der Waals surface area contributed by atoms with Gasteiger partial charge in [0.15, 0.2) is 5.82 Å². The van der Waals surface area contributed by atoms with Crippen LogP contribution in [0.1, 0.15) is 24.4 Å². The summed E-state index contributed by atoms with van der Waals surface area (Å²) in [6.07, 6.45) is 3.66. The van der Waals surface area contributed by atoms with Crippen molar-refractivity contribution in [3.63, 3.8) is 0 Å². The molecule has 27 heavy (non-hydrogen) atoms. The lowest BCUT2D eigenvalue weighted by atomic mass is 10.1. The Bertz CT molecular complexity index is 1270. The SMILES string of the molecule is COc1cc(F)c2nc(-c3cc(C)cc4c(=O)n(C5CC5)cnc34)sc2c1. The zero-order valence-corrected chi connectivity index (χ0v) is 15.6. The lowest BCUT2D eigenvalue weighted by Crippen LogP contribution is -2.19. The second-order valence-electron chi connectivity index (χ2n) is 6.87. The van der Waals surface area contributed by atoms with Crippen molar-refractivity contribution >= 4 is 32.5 Å². The summed E-state index contributed by atoms with van der Waals surface area (Å²) in [5.74, 6) is 0.0302. The third kappa shape index (κ3) is 2.61. The van der Waals surface area contributed by atoms with Crippen LogP contribution in [0.25, 0.3) is 31.7 Å². The first kappa shape index (κ1) is 16.4. The van der Waals surface area contributed by atoms with E-state index in [0.717, 1.165) is 24.0 Å². The summed E-state index contributed by atoms with van der Waals surface area (Å²) >= 11 is 1.37. The third-order valence-corrected chi connectivity index (χ3v) is 5.89. The Balaban J connectivity index is 1.77. The Morgan fingerprint density at radius 2 is 2.04 bits per heavy atom. The molecular formula is C20H16FN3O2S. The number of aryl methyl sites for hydroxylation is 1. The van der Waals surface area contributed by atoms with Crippen LogP contribution < -0.4 is 10.3 Å². The Morgan fingerprint density at radius 1 is 1.22 bits per heavy atom. The fraction of sp³-hybridized carbons (Fsp3) is 0.250. The van der Waals surface area contributed by atoms with Crippen LogP contribution in [0, 0.1) is 12.7 Å². The zero-order chi connectivity index (χ0) is 18.7. The Labute approximate surface area is 158 Å². The Kier molecular flexibility index (Phi) is 3.55. The van der Waals surface area contributed by atoms with Crippen LogP contribution in [-0.4, -0.2) is 21.6 Å². The van der Waals surface area contributed by atoms with Crippen molar-refractivity contribution in [3.8, 4) is 16.3 Å². The van der Waals surface area contributed by atoms with E-state index in [-0.39, 0.29) is 11.6 Å². The summed E-state index contributed by atoms with van der Waals surface area (Å²) in [5.41, 5.74) is 2.58. The molecule has 2 aromatic carbocycles. The van der Waals surface area contributed by atoms with Gasteiger partial charge in [-0.2, -0.15) is 0 Å². The number of benzene rings is 2. The Hall–Kier alpha value is -2.80. The second-order valence-corrected chi connectivity index (χ2v) is 7.90. The first-order valence-electron chi connectivity index (χ1n) is 8.71. The number of ether oxygens (including phenoxy) is 1. The number of hydrogen-bond donors (Lipinski definition) is 0. The van der Waals surface area contributed by atoms with E-state index in [1.54, 1.807) is 17.0 Å². The lowest BCUT2D eigenvalue weighted by Gasteiger charge is -2.08. The number of halogens is 1. The van der Waals surface area contributed by atoms with E-state index in [1.165, 1.54) is 24.5 Å². The van der Waals surface area contributed by atoms with Gasteiger partial charge >= 0.3 is 0 Å². The van der Waals surface area contributed by atoms with Crippen molar-refractivity contribution < 1.29 is 9.13 Å². The molecule has 2 aromatic heterocycles. The van der Waals surface area contributed by atoms with Crippen molar-refractivity contribution in [2.45, 2.75) is 25.8 Å². The van der Waals surface area contributed by atoms with Gasteiger partial charge in [-0.15, -0.1) is 11.3 Å². The van der Waals surface area contributed by atoms with E-state index >= 15 is 0 Å². The fourth-order valence-corrected chi connectivity index (χ4v) is 4.39. The molecule has 0 aliphatic heterocycles. The summed E-state index contributed by atoms with van der Waals surface area (Å²) in [6, 6.07) is 7.17. The summed E-state index contributed by atoms with van der Waals surface area (Å²) in [7, 11) is 1.51. The largest absolute Gasteiger partial charge is 0.497 e. The van der Waals surface area contributed by atoms with Gasteiger partial charge in [0.25, 0.3) is 5.56 Å². The zero-order valence-electron chi connectivity index (χ0n) is 14.8. The predicted molar refractivity (Wildman–Crippen MR) is 104 cm³/mol. The summed E-state index contributed by atoms with van der Waals surface area (Å²) in [4.78, 5) is 21.9. The van der Waals surface area contributed by atoms with E-state index in [9.17, 15) is 9.18 Å². The van der Waals surface area contributed by atoms with E-state index in [2.05, 4.69) is 9.97 Å². The van der Waals surface area contributed by atoms with Crippen LogP contribution in [-0.2, 0) is 0 Å². The minimum absolute atomic E-state index is 0.0265. The first-order chi connectivity index (χ1) is 13.0. The number of rotatable bonds is 3. The maximum atomic E-state index is 14.4. The number of hydrogen-bond acceptors (Lipinski definition) is 5. The van der Waals surface area contributed by atoms with Crippen LogP contribution in [0.3, 0.4) is 0 Å². The molecule has 5 rings (SSSR count). The van der Waals surface area contributed by atoms with Gasteiger partial charge in [-0.25, -0.2) is 14.4 Å². The number of aromatic nitrogens is 3. The van der Waals surface area contributed by atoms with Crippen LogP contribution in [0.2, 0.25) is 0 Å². The van der Waals surface area contributed by atoms with Gasteiger partial charge < -0.3 is 4.74 Å². The molecule has 0 unspecified atom stereocenters. The fourth-order valence-electron chi connectivity index (χ4n) is 3.37. The van der Waals surface area contributed by atoms with Crippen LogP contribution in [0.15, 0.2) is 35.4 Å².